The molecular formula is HAgKNO11S2. The Balaban J connectivity index is -0.000000105. The molecule has 0 aromatic heterocycles. The van der Waals surface area contributed by atoms with Crippen molar-refractivity contribution in [2.75, 3.05) is 0 Å². The van der Waals surface area contributed by atoms with E-state index >= 15 is 0 Å². The molecule has 0 atom stereocenters. The maximum absolute atomic E-state index is 9.48. The van der Waals surface area contributed by atoms with Crippen molar-refractivity contribution >= 4 is 20.8 Å². The molecule has 0 saturated heterocycles. The van der Waals surface area contributed by atoms with Gasteiger partial charge in [0, 0.05) is 0 Å². The molecule has 0 aromatic carbocycles. The van der Waals surface area contributed by atoms with Gasteiger partial charge in [-0.05, 0) is 0 Å². The van der Waals surface area contributed by atoms with Crippen LogP contribution in [-0.4, -0.2) is 31.0 Å². The van der Waals surface area contributed by atoms with Crippen LogP contribution in [0.2, 0.25) is 0 Å². The largest absolute Gasteiger partial charge is 1.00 e. The maximum Gasteiger partial charge on any atom is 1.00 e. The van der Waals surface area contributed by atoms with Crippen LogP contribution in [-0.2, 0) is 51.8 Å². The zero-order chi connectivity index (χ0) is 12.0. The van der Waals surface area contributed by atoms with E-state index in [1.807, 2.05) is 0 Å². The van der Waals surface area contributed by atoms with Crippen LogP contribution in [0.4, 0.5) is 0 Å². The maximum atomic E-state index is 9.48. The molecule has 0 bridgehead atoms. The predicted octanol–water partition coefficient (Wildman–Crippen LogP) is -5.04. The third kappa shape index (κ3) is 45.4. The van der Waals surface area contributed by atoms with Crippen molar-refractivity contribution in [3.8, 4) is 0 Å². The molecule has 0 amide bonds. The minimum absolute atomic E-state index is 0. The molecule has 0 fully saturated rings. The Bertz CT molecular complexity index is 331. The number of hydrogen-bond donors (Lipinski definition) is 1. The molecule has 1 N–H and O–H groups in total. The fourth-order valence-electron chi connectivity index (χ4n) is 0.0691. The van der Waals surface area contributed by atoms with Crippen LogP contribution < -0.4 is 51.4 Å². The number of rotatable bonds is 3. The molecule has 16 heavy (non-hydrogen) atoms. The van der Waals surface area contributed by atoms with Crippen molar-refractivity contribution in [1.29, 1.82) is 0 Å². The summed E-state index contributed by atoms with van der Waals surface area (Å²) in [4.78, 5) is 8.25. The molecule has 96 valence electrons. The standard InChI is InChI=1S/Ag.K.NO3.H2O8S2/c;;2-1(3)4;1-9(2,3)7-8-10(4,5)6/h;;;(H,1,2,3)(H,4,5,6)/q2*+1;-1;/p-1. The monoisotopic (exact) mass is 401 g/mol. The second-order valence-electron chi connectivity index (χ2n) is 1.20. The van der Waals surface area contributed by atoms with E-state index in [1.165, 1.54) is 0 Å². The fourth-order valence-corrected chi connectivity index (χ4v) is 0.622. The topological polar surface area (TPSA) is 196 Å². The van der Waals surface area contributed by atoms with Crippen molar-refractivity contribution in [1.82, 2.24) is 0 Å². The molecule has 0 aromatic rings. The summed E-state index contributed by atoms with van der Waals surface area (Å²) in [5.41, 5.74) is 0. The molecule has 0 spiro atoms. The van der Waals surface area contributed by atoms with Crippen LogP contribution in [0.3, 0.4) is 0 Å². The van der Waals surface area contributed by atoms with E-state index < -0.39 is 25.9 Å². The van der Waals surface area contributed by atoms with Gasteiger partial charge in [0.15, 0.2) is 0 Å². The summed E-state index contributed by atoms with van der Waals surface area (Å²) in [6.07, 6.45) is 0. The zero-order valence-corrected chi connectivity index (χ0v) is 13.3. The van der Waals surface area contributed by atoms with Gasteiger partial charge in [-0.25, -0.2) is 8.42 Å². The molecule has 12 nitrogen and oxygen atoms in total. The predicted molar refractivity (Wildman–Crippen MR) is 33.8 cm³/mol. The zero-order valence-electron chi connectivity index (χ0n) is 7.09. The Labute approximate surface area is 147 Å². The summed E-state index contributed by atoms with van der Waals surface area (Å²) in [5, 5.41) is 14.8. The Morgan fingerprint density at radius 1 is 1.06 bits per heavy atom. The van der Waals surface area contributed by atoms with Gasteiger partial charge in [-0.15, -0.1) is 0 Å². The molecule has 0 saturated carbocycles. The van der Waals surface area contributed by atoms with E-state index in [-0.39, 0.29) is 73.8 Å². The first kappa shape index (κ1) is 26.0. The van der Waals surface area contributed by atoms with Crippen LogP contribution >= 0.6 is 0 Å². The van der Waals surface area contributed by atoms with Gasteiger partial charge in [0.25, 0.3) is 0 Å². The van der Waals surface area contributed by atoms with Crippen molar-refractivity contribution < 1.29 is 113 Å². The van der Waals surface area contributed by atoms with Gasteiger partial charge in [-0.3, -0.25) is 4.55 Å². The van der Waals surface area contributed by atoms with E-state index in [9.17, 15) is 21.4 Å². The Morgan fingerprint density at radius 3 is 1.38 bits per heavy atom. The number of nitrogens with zero attached hydrogens (tertiary/aromatic N) is 1. The van der Waals surface area contributed by atoms with E-state index in [2.05, 4.69) is 8.67 Å². The normalized spacial score (nSPS) is 9.88. The molecule has 0 heterocycles. The Hall–Kier alpha value is 1.32. The van der Waals surface area contributed by atoms with Crippen LogP contribution in [0, 0.1) is 15.3 Å². The Morgan fingerprint density at radius 2 is 1.31 bits per heavy atom. The molecule has 0 aliphatic carbocycles. The van der Waals surface area contributed by atoms with Gasteiger partial charge < -0.3 is 19.9 Å². The van der Waals surface area contributed by atoms with Crippen molar-refractivity contribution in [3.05, 3.63) is 15.3 Å². The van der Waals surface area contributed by atoms with Crippen LogP contribution in [0.15, 0.2) is 0 Å². The van der Waals surface area contributed by atoms with Crippen molar-refractivity contribution in [2.24, 2.45) is 0 Å². The van der Waals surface area contributed by atoms with E-state index in [1.54, 1.807) is 0 Å². The summed E-state index contributed by atoms with van der Waals surface area (Å²) < 4.78 is 60.2. The van der Waals surface area contributed by atoms with E-state index in [0.717, 1.165) is 0 Å². The molecule has 0 rings (SSSR count). The summed E-state index contributed by atoms with van der Waals surface area (Å²) in [7, 11) is -10.3. The third-order valence-electron chi connectivity index (χ3n) is 0.197. The van der Waals surface area contributed by atoms with Gasteiger partial charge in [0.1, 0.15) is 0 Å². The summed E-state index contributed by atoms with van der Waals surface area (Å²) in [6.45, 7) is 0. The first-order valence-corrected chi connectivity index (χ1v) is 4.76. The smallest absolute Gasteiger partial charge is 0.724 e. The number of hydrogen-bond acceptors (Lipinski definition) is 10. The molecule has 16 heteroatoms. The van der Waals surface area contributed by atoms with Crippen LogP contribution in [0.25, 0.3) is 0 Å². The summed E-state index contributed by atoms with van der Waals surface area (Å²) in [5.74, 6) is 0. The molecule has 0 unspecified atom stereocenters. The van der Waals surface area contributed by atoms with Crippen molar-refractivity contribution in [2.45, 2.75) is 0 Å². The van der Waals surface area contributed by atoms with Crippen LogP contribution in [0.5, 0.6) is 0 Å². The second-order valence-corrected chi connectivity index (χ2v) is 3.14. The van der Waals surface area contributed by atoms with Gasteiger partial charge in [0.05, 0.1) is 5.09 Å². The molecule has 0 aliphatic rings. The quantitative estimate of drug-likeness (QED) is 0.118. The van der Waals surface area contributed by atoms with Gasteiger partial charge in [-0.1, -0.05) is 8.67 Å². The first-order valence-electron chi connectivity index (χ1n) is 2.06. The first-order chi connectivity index (χ1) is 5.94. The van der Waals surface area contributed by atoms with Gasteiger partial charge >= 0.3 is 84.2 Å². The Kier molecular flexibility index (Phi) is 18.5. The van der Waals surface area contributed by atoms with E-state index in [4.69, 9.17) is 19.9 Å². The second kappa shape index (κ2) is 11.4. The third-order valence-corrected chi connectivity index (χ3v) is 0.758. The minimum atomic E-state index is -5.27. The van der Waals surface area contributed by atoms with E-state index in [0.29, 0.717) is 0 Å². The molecule has 0 aliphatic heterocycles. The van der Waals surface area contributed by atoms with Gasteiger partial charge in [0.2, 0.25) is 10.4 Å². The molecular weight excluding hydrogens is 401 g/mol. The summed E-state index contributed by atoms with van der Waals surface area (Å²) >= 11 is 0. The van der Waals surface area contributed by atoms with Gasteiger partial charge in [-0.2, -0.15) is 8.42 Å². The summed E-state index contributed by atoms with van der Waals surface area (Å²) in [6, 6.07) is 0. The molecule has 0 radical (unpaired) electrons. The SMILES string of the molecule is O=S(=O)([O-])OOS(=O)(=O)O.O=[N+]([O-])[O-].[Ag+].[K+]. The van der Waals surface area contributed by atoms with Crippen LogP contribution in [0.1, 0.15) is 0 Å². The average Bonchev–Trinajstić information content (AvgIpc) is 1.79. The fraction of sp³-hybridized carbons (Fsp3) is 0. The average molecular weight is 402 g/mol. The minimum Gasteiger partial charge on any atom is -0.724 e. The van der Waals surface area contributed by atoms with Crippen molar-refractivity contribution in [3.63, 3.8) is 0 Å².